The maximum absolute atomic E-state index is 9.54. The van der Waals surface area contributed by atoms with Crippen LogP contribution < -0.4 is 5.32 Å². The average molecular weight is 302 g/mol. The van der Waals surface area contributed by atoms with Crippen LogP contribution in [0.3, 0.4) is 0 Å². The molecule has 128 valence electrons. The fraction of sp³-hybridized carbons (Fsp3) is 1.00. The molecular formula is C18H39NO2. The molecule has 0 bridgehead atoms. The third-order valence-electron chi connectivity index (χ3n) is 4.09. The Hall–Kier alpha value is -0.120. The quantitative estimate of drug-likeness (QED) is 0.286. The molecule has 0 aliphatic heterocycles. The summed E-state index contributed by atoms with van der Waals surface area (Å²) < 4.78 is 0. The van der Waals surface area contributed by atoms with Crippen molar-refractivity contribution in [3.63, 3.8) is 0 Å². The van der Waals surface area contributed by atoms with Gasteiger partial charge in [0.15, 0.2) is 0 Å². The van der Waals surface area contributed by atoms with E-state index in [0.717, 1.165) is 12.8 Å². The van der Waals surface area contributed by atoms with E-state index in [-0.39, 0.29) is 0 Å². The number of nitrogens with one attached hydrogen (secondary N) is 1. The monoisotopic (exact) mass is 301 g/mol. The molecule has 0 amide bonds. The highest BCUT2D eigenvalue weighted by atomic mass is 16.5. The number of hydrogen-bond acceptors (Lipinski definition) is 3. The lowest BCUT2D eigenvalue weighted by Gasteiger charge is -2.21. The van der Waals surface area contributed by atoms with Crippen molar-refractivity contribution in [2.45, 2.75) is 110 Å². The summed E-state index contributed by atoms with van der Waals surface area (Å²) in [5, 5.41) is 21.7. The summed E-state index contributed by atoms with van der Waals surface area (Å²) in [5.74, 6) is -1.66. The zero-order valence-electron chi connectivity index (χ0n) is 14.5. The molecule has 0 aliphatic rings. The second-order valence-corrected chi connectivity index (χ2v) is 6.34. The third-order valence-corrected chi connectivity index (χ3v) is 4.09. The Bertz CT molecular complexity index is 207. The SMILES string of the molecule is CCCCCCCCCCCCCCCC(O)(O)NCC. The van der Waals surface area contributed by atoms with Gasteiger partial charge in [0.25, 0.3) is 0 Å². The molecule has 0 rings (SSSR count). The molecule has 0 fully saturated rings. The summed E-state index contributed by atoms with van der Waals surface area (Å²) >= 11 is 0. The first kappa shape index (κ1) is 20.9. The predicted molar refractivity (Wildman–Crippen MR) is 91.2 cm³/mol. The summed E-state index contributed by atoms with van der Waals surface area (Å²) in [6, 6.07) is 0. The van der Waals surface area contributed by atoms with Gasteiger partial charge in [-0.25, -0.2) is 0 Å². The average Bonchev–Trinajstić information content (AvgIpc) is 2.44. The van der Waals surface area contributed by atoms with Crippen molar-refractivity contribution in [1.82, 2.24) is 5.32 Å². The van der Waals surface area contributed by atoms with Crippen LogP contribution in [-0.4, -0.2) is 22.7 Å². The van der Waals surface area contributed by atoms with E-state index in [9.17, 15) is 10.2 Å². The minimum Gasteiger partial charge on any atom is -0.353 e. The van der Waals surface area contributed by atoms with Gasteiger partial charge >= 0.3 is 0 Å². The molecule has 0 heterocycles. The molecule has 3 heteroatoms. The van der Waals surface area contributed by atoms with Gasteiger partial charge in [0, 0.05) is 6.42 Å². The Morgan fingerprint density at radius 3 is 1.38 bits per heavy atom. The van der Waals surface area contributed by atoms with Crippen LogP contribution in [0, 0.1) is 0 Å². The first-order chi connectivity index (χ1) is 10.1. The Morgan fingerprint density at radius 1 is 0.619 bits per heavy atom. The summed E-state index contributed by atoms with van der Waals surface area (Å²) in [6.45, 7) is 4.73. The largest absolute Gasteiger partial charge is 0.353 e. The molecule has 0 aromatic carbocycles. The molecule has 21 heavy (non-hydrogen) atoms. The molecule has 0 saturated carbocycles. The minimum absolute atomic E-state index is 0.429. The number of aliphatic hydroxyl groups is 2. The lowest BCUT2D eigenvalue weighted by molar-refractivity contribution is -0.189. The molecule has 0 aromatic heterocycles. The lowest BCUT2D eigenvalue weighted by atomic mass is 10.0. The molecule has 0 radical (unpaired) electrons. The van der Waals surface area contributed by atoms with E-state index < -0.39 is 5.91 Å². The topological polar surface area (TPSA) is 52.5 Å². The molecule has 3 N–H and O–H groups in total. The van der Waals surface area contributed by atoms with Crippen LogP contribution in [0.2, 0.25) is 0 Å². The summed E-state index contributed by atoms with van der Waals surface area (Å²) in [6.07, 6.45) is 17.4. The standard InChI is InChI=1S/C18H39NO2/c1-3-5-6-7-8-9-10-11-12-13-14-15-16-17-18(20,21)19-4-2/h19-21H,3-17H2,1-2H3. The van der Waals surface area contributed by atoms with Crippen molar-refractivity contribution in [3.8, 4) is 0 Å². The fourth-order valence-corrected chi connectivity index (χ4v) is 2.76. The van der Waals surface area contributed by atoms with Crippen LogP contribution in [0.1, 0.15) is 104 Å². The van der Waals surface area contributed by atoms with Crippen molar-refractivity contribution in [2.75, 3.05) is 6.54 Å². The number of unbranched alkanes of at least 4 members (excludes halogenated alkanes) is 12. The van der Waals surface area contributed by atoms with E-state index in [1.807, 2.05) is 6.92 Å². The van der Waals surface area contributed by atoms with Crippen LogP contribution in [0.25, 0.3) is 0 Å². The van der Waals surface area contributed by atoms with Crippen molar-refractivity contribution in [3.05, 3.63) is 0 Å². The zero-order chi connectivity index (χ0) is 15.8. The van der Waals surface area contributed by atoms with Crippen LogP contribution >= 0.6 is 0 Å². The summed E-state index contributed by atoms with van der Waals surface area (Å²) in [7, 11) is 0. The van der Waals surface area contributed by atoms with Gasteiger partial charge in [-0.3, -0.25) is 5.32 Å². The maximum Gasteiger partial charge on any atom is 0.222 e. The zero-order valence-corrected chi connectivity index (χ0v) is 14.5. The maximum atomic E-state index is 9.54. The Balaban J connectivity index is 3.12. The molecule has 0 spiro atoms. The number of hydrogen-bond donors (Lipinski definition) is 3. The van der Waals surface area contributed by atoms with Crippen LogP contribution in [0.15, 0.2) is 0 Å². The van der Waals surface area contributed by atoms with Gasteiger partial charge in [-0.2, -0.15) is 0 Å². The normalized spacial score (nSPS) is 12.0. The van der Waals surface area contributed by atoms with Crippen molar-refractivity contribution in [1.29, 1.82) is 0 Å². The second-order valence-electron chi connectivity index (χ2n) is 6.34. The highest BCUT2D eigenvalue weighted by Gasteiger charge is 2.19. The van der Waals surface area contributed by atoms with Gasteiger partial charge in [0.2, 0.25) is 5.91 Å². The summed E-state index contributed by atoms with van der Waals surface area (Å²) in [5.41, 5.74) is 0. The van der Waals surface area contributed by atoms with Crippen molar-refractivity contribution < 1.29 is 10.2 Å². The van der Waals surface area contributed by atoms with E-state index in [1.165, 1.54) is 70.6 Å². The van der Waals surface area contributed by atoms with E-state index >= 15 is 0 Å². The molecule has 0 atom stereocenters. The van der Waals surface area contributed by atoms with Crippen LogP contribution in [0.5, 0.6) is 0 Å². The molecule has 0 unspecified atom stereocenters. The smallest absolute Gasteiger partial charge is 0.222 e. The second kappa shape index (κ2) is 14.8. The van der Waals surface area contributed by atoms with E-state index in [2.05, 4.69) is 12.2 Å². The van der Waals surface area contributed by atoms with E-state index in [0.29, 0.717) is 13.0 Å². The van der Waals surface area contributed by atoms with Crippen LogP contribution in [-0.2, 0) is 0 Å². The van der Waals surface area contributed by atoms with Crippen LogP contribution in [0.4, 0.5) is 0 Å². The highest BCUT2D eigenvalue weighted by Crippen LogP contribution is 2.14. The fourth-order valence-electron chi connectivity index (χ4n) is 2.76. The predicted octanol–water partition coefficient (Wildman–Crippen LogP) is 4.72. The third kappa shape index (κ3) is 16.1. The van der Waals surface area contributed by atoms with Crippen molar-refractivity contribution >= 4 is 0 Å². The molecule has 3 nitrogen and oxygen atoms in total. The highest BCUT2D eigenvalue weighted by molar-refractivity contribution is 4.60. The molecule has 0 saturated heterocycles. The Kier molecular flexibility index (Phi) is 14.7. The molecule has 0 aliphatic carbocycles. The lowest BCUT2D eigenvalue weighted by Crippen LogP contribution is -2.44. The summed E-state index contributed by atoms with van der Waals surface area (Å²) in [4.78, 5) is 0. The van der Waals surface area contributed by atoms with Gasteiger partial charge < -0.3 is 10.2 Å². The van der Waals surface area contributed by atoms with Gasteiger partial charge in [-0.1, -0.05) is 90.9 Å². The Labute approximate surface area is 132 Å². The first-order valence-electron chi connectivity index (χ1n) is 9.32. The molecular weight excluding hydrogens is 262 g/mol. The van der Waals surface area contributed by atoms with Crippen molar-refractivity contribution in [2.24, 2.45) is 0 Å². The van der Waals surface area contributed by atoms with Gasteiger partial charge in [0.05, 0.1) is 0 Å². The molecule has 0 aromatic rings. The Morgan fingerprint density at radius 2 is 1.00 bits per heavy atom. The van der Waals surface area contributed by atoms with Gasteiger partial charge in [-0.05, 0) is 13.0 Å². The van der Waals surface area contributed by atoms with E-state index in [1.54, 1.807) is 0 Å². The van der Waals surface area contributed by atoms with E-state index in [4.69, 9.17) is 0 Å². The number of rotatable bonds is 16. The van der Waals surface area contributed by atoms with Gasteiger partial charge in [0.1, 0.15) is 0 Å². The minimum atomic E-state index is -1.66. The first-order valence-corrected chi connectivity index (χ1v) is 9.32. The van der Waals surface area contributed by atoms with Gasteiger partial charge in [-0.15, -0.1) is 0 Å².